The molecule has 0 unspecified atom stereocenters. The second-order valence-corrected chi connectivity index (χ2v) is 9.53. The number of hydrogen-bond donors (Lipinski definition) is 1. The van der Waals surface area contributed by atoms with Crippen molar-refractivity contribution < 1.29 is 55.9 Å². The molecule has 0 radical (unpaired) electrons. The van der Waals surface area contributed by atoms with Gasteiger partial charge in [0.15, 0.2) is 0 Å². The molecule has 10 nitrogen and oxygen atoms in total. The molecule has 0 fully saturated rings. The van der Waals surface area contributed by atoms with E-state index in [1.807, 2.05) is 0 Å². The number of esters is 1. The third kappa shape index (κ3) is 18.7. The van der Waals surface area contributed by atoms with Gasteiger partial charge in [0.1, 0.15) is 6.61 Å². The van der Waals surface area contributed by atoms with E-state index < -0.39 is 17.7 Å². The van der Waals surface area contributed by atoms with Crippen LogP contribution < -0.4 is 5.32 Å². The van der Waals surface area contributed by atoms with E-state index in [0.717, 1.165) is 31.6 Å². The van der Waals surface area contributed by atoms with Crippen LogP contribution in [-0.4, -0.2) is 105 Å². The molecule has 0 bridgehead atoms. The fourth-order valence-corrected chi connectivity index (χ4v) is 3.64. The molecule has 0 saturated heterocycles. The average molecular weight is 646 g/mol. The van der Waals surface area contributed by atoms with Gasteiger partial charge in [-0.15, -0.1) is 0 Å². The van der Waals surface area contributed by atoms with Gasteiger partial charge in [0, 0.05) is 12.3 Å². The first-order valence-corrected chi connectivity index (χ1v) is 15.2. The molecule has 0 atom stereocenters. The lowest BCUT2D eigenvalue weighted by Crippen LogP contribution is -2.15. The second kappa shape index (κ2) is 24.5. The van der Waals surface area contributed by atoms with Gasteiger partial charge in [-0.05, 0) is 36.8 Å². The molecule has 0 saturated carbocycles. The lowest BCUT2D eigenvalue weighted by Gasteiger charge is -2.13. The molecule has 2 rings (SSSR count). The number of benzene rings is 2. The number of carbonyl (C=O) groups is 1. The van der Waals surface area contributed by atoms with Crippen LogP contribution in [0.3, 0.4) is 0 Å². The van der Waals surface area contributed by atoms with Crippen molar-refractivity contribution in [3.05, 3.63) is 59.7 Å². The number of anilines is 2. The van der Waals surface area contributed by atoms with Crippen molar-refractivity contribution in [1.82, 2.24) is 0 Å². The number of carbonyl (C=O) groups excluding carboxylic acids is 1. The van der Waals surface area contributed by atoms with Crippen LogP contribution >= 0.6 is 0 Å². The molecule has 2 aromatic carbocycles. The quantitative estimate of drug-likeness (QED) is 0.0987. The summed E-state index contributed by atoms with van der Waals surface area (Å²) in [6.07, 6.45) is -2.27. The molecule has 2 aromatic rings. The lowest BCUT2D eigenvalue weighted by molar-refractivity contribution is -0.137. The van der Waals surface area contributed by atoms with Gasteiger partial charge in [-0.25, -0.2) is 4.79 Å². The van der Waals surface area contributed by atoms with Crippen LogP contribution in [0.2, 0.25) is 0 Å². The molecule has 0 aliphatic rings. The number of para-hydroxylation sites is 1. The van der Waals surface area contributed by atoms with Gasteiger partial charge >= 0.3 is 12.1 Å². The Morgan fingerprint density at radius 1 is 0.622 bits per heavy atom. The van der Waals surface area contributed by atoms with E-state index in [-0.39, 0.29) is 24.5 Å². The summed E-state index contributed by atoms with van der Waals surface area (Å²) in [5.41, 5.74) is -0.0701. The monoisotopic (exact) mass is 645 g/mol. The topological polar surface area (TPSA) is 103 Å². The SMILES string of the molecule is CCCCOCCOCCOCCOCCOCCOCCOCCOC(=O)c1ccccc1Nc1cccc(C(F)(F)F)c1. The zero-order chi connectivity index (χ0) is 32.4. The molecule has 0 spiro atoms. The summed E-state index contributed by atoms with van der Waals surface area (Å²) in [7, 11) is 0. The number of ether oxygens (including phenoxy) is 8. The van der Waals surface area contributed by atoms with Crippen LogP contribution in [0.4, 0.5) is 24.5 Å². The molecule has 254 valence electrons. The maximum absolute atomic E-state index is 13.0. The highest BCUT2D eigenvalue weighted by atomic mass is 19.4. The van der Waals surface area contributed by atoms with E-state index in [4.69, 9.17) is 37.9 Å². The highest BCUT2D eigenvalue weighted by Gasteiger charge is 2.30. The van der Waals surface area contributed by atoms with E-state index in [2.05, 4.69) is 12.2 Å². The predicted molar refractivity (Wildman–Crippen MR) is 162 cm³/mol. The van der Waals surface area contributed by atoms with Gasteiger partial charge < -0.3 is 43.2 Å². The Labute approximate surface area is 263 Å². The van der Waals surface area contributed by atoms with E-state index in [0.29, 0.717) is 85.0 Å². The molecule has 0 aliphatic heterocycles. The standard InChI is InChI=1S/C32H46F3NO9/c1-2-3-11-38-12-13-39-14-15-40-16-17-41-18-19-42-20-21-43-22-23-44-24-25-45-31(37)29-9-4-5-10-30(29)36-28-8-6-7-27(26-28)32(33,34)35/h4-10,26,36H,2-3,11-25H2,1H3. The smallest absolute Gasteiger partial charge is 0.416 e. The summed E-state index contributed by atoms with van der Waals surface area (Å²) in [6.45, 7) is 8.68. The number of halogens is 3. The highest BCUT2D eigenvalue weighted by molar-refractivity contribution is 5.96. The zero-order valence-corrected chi connectivity index (χ0v) is 25.9. The molecule has 45 heavy (non-hydrogen) atoms. The predicted octanol–water partition coefficient (Wildman–Crippen LogP) is 5.52. The number of alkyl halides is 3. The van der Waals surface area contributed by atoms with E-state index in [1.54, 1.807) is 18.2 Å². The first-order valence-electron chi connectivity index (χ1n) is 15.2. The minimum absolute atomic E-state index is 0.00722. The molecule has 1 N–H and O–H groups in total. The number of rotatable bonds is 27. The van der Waals surface area contributed by atoms with E-state index in [9.17, 15) is 18.0 Å². The van der Waals surface area contributed by atoms with Crippen molar-refractivity contribution in [2.24, 2.45) is 0 Å². The number of unbranched alkanes of at least 4 members (excludes halogenated alkanes) is 1. The van der Waals surface area contributed by atoms with Crippen molar-refractivity contribution in [3.8, 4) is 0 Å². The molecule has 0 amide bonds. The largest absolute Gasteiger partial charge is 0.460 e. The number of hydrogen-bond acceptors (Lipinski definition) is 10. The van der Waals surface area contributed by atoms with Crippen LogP contribution in [0.5, 0.6) is 0 Å². The van der Waals surface area contributed by atoms with Gasteiger partial charge in [0.25, 0.3) is 0 Å². The summed E-state index contributed by atoms with van der Waals surface area (Å²) in [6, 6.07) is 11.2. The van der Waals surface area contributed by atoms with Gasteiger partial charge in [-0.2, -0.15) is 13.2 Å². The molecule has 0 aromatic heterocycles. The normalized spacial score (nSPS) is 11.6. The first-order chi connectivity index (χ1) is 21.9. The average Bonchev–Trinajstić information content (AvgIpc) is 3.03. The van der Waals surface area contributed by atoms with Crippen molar-refractivity contribution in [2.75, 3.05) is 104 Å². The highest BCUT2D eigenvalue weighted by Crippen LogP contribution is 2.32. The Morgan fingerprint density at radius 3 is 1.58 bits per heavy atom. The van der Waals surface area contributed by atoms with Crippen molar-refractivity contribution in [3.63, 3.8) is 0 Å². The molecule has 0 aliphatic carbocycles. The molecular formula is C32H46F3NO9. The number of nitrogens with one attached hydrogen (secondary N) is 1. The third-order valence-electron chi connectivity index (χ3n) is 5.95. The van der Waals surface area contributed by atoms with Gasteiger partial charge in [0.2, 0.25) is 0 Å². The molecular weight excluding hydrogens is 599 g/mol. The summed E-state index contributed by atoms with van der Waals surface area (Å²) < 4.78 is 82.3. The van der Waals surface area contributed by atoms with Crippen molar-refractivity contribution in [1.29, 1.82) is 0 Å². The van der Waals surface area contributed by atoms with Crippen LogP contribution in [0.25, 0.3) is 0 Å². The van der Waals surface area contributed by atoms with E-state index in [1.165, 1.54) is 18.2 Å². The summed E-state index contributed by atoms with van der Waals surface area (Å²) in [4.78, 5) is 12.5. The van der Waals surface area contributed by atoms with E-state index >= 15 is 0 Å². The molecule has 0 heterocycles. The minimum Gasteiger partial charge on any atom is -0.460 e. The van der Waals surface area contributed by atoms with Crippen LogP contribution in [0.15, 0.2) is 48.5 Å². The Kier molecular flexibility index (Phi) is 20.9. The van der Waals surface area contributed by atoms with Gasteiger partial charge in [-0.3, -0.25) is 0 Å². The van der Waals surface area contributed by atoms with Crippen molar-refractivity contribution >= 4 is 17.3 Å². The minimum atomic E-state index is -4.47. The summed E-state index contributed by atoms with van der Waals surface area (Å²) >= 11 is 0. The fourth-order valence-electron chi connectivity index (χ4n) is 3.64. The van der Waals surface area contributed by atoms with Crippen molar-refractivity contribution in [2.45, 2.75) is 25.9 Å². The van der Waals surface area contributed by atoms with Gasteiger partial charge in [0.05, 0.1) is 103 Å². The second-order valence-electron chi connectivity index (χ2n) is 9.53. The Morgan fingerprint density at radius 2 is 1.09 bits per heavy atom. The Bertz CT molecular complexity index is 1040. The maximum Gasteiger partial charge on any atom is 0.416 e. The first kappa shape index (κ1) is 38.4. The Balaban J connectivity index is 1.40. The third-order valence-corrected chi connectivity index (χ3v) is 5.95. The van der Waals surface area contributed by atoms with Crippen LogP contribution in [0, 0.1) is 0 Å². The summed E-state index contributed by atoms with van der Waals surface area (Å²) in [5.74, 6) is -0.622. The fraction of sp³-hybridized carbons (Fsp3) is 0.594. The van der Waals surface area contributed by atoms with Crippen LogP contribution in [0.1, 0.15) is 35.7 Å². The zero-order valence-electron chi connectivity index (χ0n) is 25.9. The van der Waals surface area contributed by atoms with Crippen LogP contribution in [-0.2, 0) is 44.1 Å². The lowest BCUT2D eigenvalue weighted by atomic mass is 10.1. The molecule has 13 heteroatoms. The van der Waals surface area contributed by atoms with Gasteiger partial charge in [-0.1, -0.05) is 31.5 Å². The Hall–Kier alpha value is -2.78. The maximum atomic E-state index is 13.0. The summed E-state index contributed by atoms with van der Waals surface area (Å²) in [5, 5.41) is 2.86.